The van der Waals surface area contributed by atoms with E-state index in [1.165, 1.54) is 12.5 Å². The third-order valence-corrected chi connectivity index (χ3v) is 5.83. The topological polar surface area (TPSA) is 110 Å². The van der Waals surface area contributed by atoms with Crippen molar-refractivity contribution in [3.63, 3.8) is 0 Å². The van der Waals surface area contributed by atoms with Crippen LogP contribution in [0.25, 0.3) is 10.9 Å². The number of carboxylic acid groups (broad SMARTS) is 1. The Morgan fingerprint density at radius 1 is 1.27 bits per heavy atom. The largest absolute Gasteiger partial charge is 0.464 e. The zero-order chi connectivity index (χ0) is 20.8. The monoisotopic (exact) mass is 407 g/mol. The second-order valence-corrected chi connectivity index (χ2v) is 7.71. The summed E-state index contributed by atoms with van der Waals surface area (Å²) in [5, 5.41) is 13.2. The lowest BCUT2D eigenvalue weighted by Crippen LogP contribution is -2.57. The molecule has 4 heterocycles. The SMILES string of the molecule is C[C@H]1Cc2c(ncnc2Oc2ccc3c(ccn3C(=O)O)c2)CN1C(=O)C1CCN1. The summed E-state index contributed by atoms with van der Waals surface area (Å²) in [6.07, 6.45) is 3.41. The minimum absolute atomic E-state index is 0.0211. The first-order valence-corrected chi connectivity index (χ1v) is 9.90. The number of nitrogens with zero attached hydrogens (tertiary/aromatic N) is 4. The van der Waals surface area contributed by atoms with Crippen molar-refractivity contribution in [3.8, 4) is 11.6 Å². The lowest BCUT2D eigenvalue weighted by Gasteiger charge is -2.39. The number of amides is 1. The molecule has 0 spiro atoms. The van der Waals surface area contributed by atoms with Crippen LogP contribution in [0.2, 0.25) is 0 Å². The first-order chi connectivity index (χ1) is 14.5. The quantitative estimate of drug-likeness (QED) is 0.686. The van der Waals surface area contributed by atoms with Gasteiger partial charge in [0.1, 0.15) is 12.1 Å². The van der Waals surface area contributed by atoms with Crippen molar-refractivity contribution in [2.24, 2.45) is 0 Å². The number of aromatic nitrogens is 3. The van der Waals surface area contributed by atoms with E-state index in [9.17, 15) is 14.7 Å². The summed E-state index contributed by atoms with van der Waals surface area (Å²) in [4.78, 5) is 34.5. The summed E-state index contributed by atoms with van der Waals surface area (Å²) < 4.78 is 7.22. The molecule has 2 aliphatic rings. The summed E-state index contributed by atoms with van der Waals surface area (Å²) in [5.74, 6) is 1.16. The standard InChI is InChI=1S/C21H21N5O4/c1-12-8-15-17(10-26(12)20(27)16-4-6-22-16)23-11-24-19(15)30-14-2-3-18-13(9-14)5-7-25(18)21(28)29/h2-3,5,7,9,11-12,16,22H,4,6,8,10H2,1H3,(H,28,29)/t12-,16?/m0/s1. The number of benzene rings is 1. The molecule has 9 nitrogen and oxygen atoms in total. The average Bonchev–Trinajstić information content (AvgIpc) is 3.10. The first-order valence-electron chi connectivity index (χ1n) is 9.90. The molecular formula is C21H21N5O4. The highest BCUT2D eigenvalue weighted by Crippen LogP contribution is 2.32. The van der Waals surface area contributed by atoms with Crippen molar-refractivity contribution in [1.82, 2.24) is 24.8 Å². The predicted octanol–water partition coefficient (Wildman–Crippen LogP) is 2.38. The molecule has 1 fully saturated rings. The molecule has 2 N–H and O–H groups in total. The molecule has 0 radical (unpaired) electrons. The average molecular weight is 407 g/mol. The number of carbonyl (C=O) groups is 2. The summed E-state index contributed by atoms with van der Waals surface area (Å²) in [6.45, 7) is 3.35. The van der Waals surface area contributed by atoms with Gasteiger partial charge in [-0.2, -0.15) is 0 Å². The van der Waals surface area contributed by atoms with Crippen LogP contribution < -0.4 is 10.1 Å². The lowest BCUT2D eigenvalue weighted by atomic mass is 9.97. The van der Waals surface area contributed by atoms with Gasteiger partial charge in [0, 0.05) is 23.2 Å². The summed E-state index contributed by atoms with van der Waals surface area (Å²) in [6, 6.07) is 6.88. The van der Waals surface area contributed by atoms with E-state index in [0.717, 1.165) is 34.2 Å². The molecule has 154 valence electrons. The zero-order valence-electron chi connectivity index (χ0n) is 16.4. The van der Waals surface area contributed by atoms with Crippen LogP contribution >= 0.6 is 0 Å². The number of rotatable bonds is 3. The molecule has 2 aromatic heterocycles. The van der Waals surface area contributed by atoms with Gasteiger partial charge in [0.2, 0.25) is 11.8 Å². The van der Waals surface area contributed by atoms with Gasteiger partial charge in [0.15, 0.2) is 0 Å². The molecule has 9 heteroatoms. The van der Waals surface area contributed by atoms with E-state index >= 15 is 0 Å². The van der Waals surface area contributed by atoms with E-state index in [-0.39, 0.29) is 18.0 Å². The Balaban J connectivity index is 1.41. The normalized spacial score (nSPS) is 20.5. The van der Waals surface area contributed by atoms with Crippen LogP contribution in [-0.4, -0.2) is 55.2 Å². The van der Waals surface area contributed by atoms with Gasteiger partial charge in [-0.25, -0.2) is 14.8 Å². The van der Waals surface area contributed by atoms with Crippen LogP contribution in [0.15, 0.2) is 36.8 Å². The van der Waals surface area contributed by atoms with Crippen molar-refractivity contribution < 1.29 is 19.4 Å². The highest BCUT2D eigenvalue weighted by atomic mass is 16.5. The van der Waals surface area contributed by atoms with E-state index in [1.807, 2.05) is 11.8 Å². The first kappa shape index (κ1) is 18.6. The zero-order valence-corrected chi connectivity index (χ0v) is 16.4. The van der Waals surface area contributed by atoms with Gasteiger partial charge in [-0.15, -0.1) is 0 Å². The minimum atomic E-state index is -1.03. The van der Waals surface area contributed by atoms with Crippen molar-refractivity contribution >= 4 is 22.9 Å². The van der Waals surface area contributed by atoms with Crippen LogP contribution in [0.4, 0.5) is 4.79 Å². The summed E-state index contributed by atoms with van der Waals surface area (Å²) >= 11 is 0. The molecule has 1 unspecified atom stereocenters. The van der Waals surface area contributed by atoms with Crippen LogP contribution in [0.1, 0.15) is 24.6 Å². The number of ether oxygens (including phenoxy) is 1. The van der Waals surface area contributed by atoms with E-state index in [4.69, 9.17) is 4.74 Å². The second kappa shape index (κ2) is 7.10. The third kappa shape index (κ3) is 3.07. The number of carbonyl (C=O) groups excluding carboxylic acids is 1. The number of nitrogens with one attached hydrogen (secondary N) is 1. The van der Waals surface area contributed by atoms with Crippen molar-refractivity contribution in [2.45, 2.75) is 38.4 Å². The molecule has 2 aliphatic heterocycles. The smallest absolute Gasteiger partial charge is 0.415 e. The van der Waals surface area contributed by atoms with E-state index < -0.39 is 6.09 Å². The Morgan fingerprint density at radius 3 is 2.83 bits per heavy atom. The number of hydrogen-bond donors (Lipinski definition) is 2. The maximum absolute atomic E-state index is 12.7. The fourth-order valence-corrected chi connectivity index (χ4v) is 4.04. The van der Waals surface area contributed by atoms with Crippen LogP contribution in [0.3, 0.4) is 0 Å². The fourth-order valence-electron chi connectivity index (χ4n) is 4.04. The number of fused-ring (bicyclic) bond motifs is 2. The van der Waals surface area contributed by atoms with Crippen molar-refractivity contribution in [1.29, 1.82) is 0 Å². The molecule has 2 atom stereocenters. The van der Waals surface area contributed by atoms with Gasteiger partial charge >= 0.3 is 6.09 Å². The molecule has 3 aromatic rings. The Labute approximate surface area is 172 Å². The van der Waals surface area contributed by atoms with E-state index in [0.29, 0.717) is 30.1 Å². The Kier molecular flexibility index (Phi) is 4.39. The van der Waals surface area contributed by atoms with Crippen LogP contribution in [0, 0.1) is 0 Å². The molecular weight excluding hydrogens is 386 g/mol. The minimum Gasteiger partial charge on any atom is -0.464 e. The van der Waals surface area contributed by atoms with Gasteiger partial charge in [0.25, 0.3) is 0 Å². The third-order valence-electron chi connectivity index (χ3n) is 5.83. The molecule has 0 aliphatic carbocycles. The van der Waals surface area contributed by atoms with E-state index in [2.05, 4.69) is 15.3 Å². The Hall–Kier alpha value is -3.46. The van der Waals surface area contributed by atoms with Gasteiger partial charge in [-0.3, -0.25) is 9.36 Å². The molecule has 0 saturated carbocycles. The molecule has 1 saturated heterocycles. The molecule has 1 aromatic carbocycles. The van der Waals surface area contributed by atoms with Gasteiger partial charge in [-0.05, 0) is 50.6 Å². The van der Waals surface area contributed by atoms with Gasteiger partial charge in [-0.1, -0.05) is 0 Å². The summed E-state index contributed by atoms with van der Waals surface area (Å²) in [5.41, 5.74) is 2.29. The molecule has 30 heavy (non-hydrogen) atoms. The van der Waals surface area contributed by atoms with Gasteiger partial charge < -0.3 is 20.1 Å². The van der Waals surface area contributed by atoms with E-state index in [1.54, 1.807) is 24.3 Å². The van der Waals surface area contributed by atoms with Crippen molar-refractivity contribution in [3.05, 3.63) is 48.0 Å². The molecule has 5 rings (SSSR count). The molecule has 0 bridgehead atoms. The fraction of sp³-hybridized carbons (Fsp3) is 0.333. The predicted molar refractivity (Wildman–Crippen MR) is 108 cm³/mol. The maximum atomic E-state index is 12.7. The molecule has 1 amide bonds. The van der Waals surface area contributed by atoms with Crippen LogP contribution in [-0.2, 0) is 17.8 Å². The lowest BCUT2D eigenvalue weighted by molar-refractivity contribution is -0.138. The highest BCUT2D eigenvalue weighted by molar-refractivity contribution is 5.89. The Bertz CT molecular complexity index is 1150. The Morgan fingerprint density at radius 2 is 2.10 bits per heavy atom. The van der Waals surface area contributed by atoms with Crippen molar-refractivity contribution in [2.75, 3.05) is 6.54 Å². The van der Waals surface area contributed by atoms with Gasteiger partial charge in [0.05, 0.1) is 23.8 Å². The number of hydrogen-bond acceptors (Lipinski definition) is 6. The summed E-state index contributed by atoms with van der Waals surface area (Å²) in [7, 11) is 0. The highest BCUT2D eigenvalue weighted by Gasteiger charge is 2.35. The maximum Gasteiger partial charge on any atom is 0.415 e. The van der Waals surface area contributed by atoms with Crippen LogP contribution in [0.5, 0.6) is 11.6 Å². The second-order valence-electron chi connectivity index (χ2n) is 7.71.